The normalized spacial score (nSPS) is 10.1. The molecule has 10 nitrogen and oxygen atoms in total. The van der Waals surface area contributed by atoms with Gasteiger partial charge in [-0.1, -0.05) is 0 Å². The van der Waals surface area contributed by atoms with E-state index in [2.05, 4.69) is 20.8 Å². The Hall–Kier alpha value is -3.17. The van der Waals surface area contributed by atoms with Gasteiger partial charge in [0, 0.05) is 12.1 Å². The number of anilines is 1. The zero-order chi connectivity index (χ0) is 16.1. The first kappa shape index (κ1) is 15.2. The van der Waals surface area contributed by atoms with E-state index in [0.717, 1.165) is 0 Å². The van der Waals surface area contributed by atoms with Gasteiger partial charge >= 0.3 is 5.97 Å². The fourth-order valence-corrected chi connectivity index (χ4v) is 1.75. The molecule has 22 heavy (non-hydrogen) atoms. The monoisotopic (exact) mass is 307 g/mol. The Morgan fingerprint density at radius 2 is 1.95 bits per heavy atom. The predicted octanol–water partition coefficient (Wildman–Crippen LogP) is 0.0272. The van der Waals surface area contributed by atoms with Crippen LogP contribution in [0.4, 0.5) is 5.69 Å². The molecule has 0 saturated carbocycles. The van der Waals surface area contributed by atoms with Crippen molar-refractivity contribution in [2.45, 2.75) is 6.54 Å². The molecule has 1 heterocycles. The van der Waals surface area contributed by atoms with Crippen molar-refractivity contribution < 1.29 is 24.2 Å². The Morgan fingerprint density at radius 1 is 1.27 bits per heavy atom. The number of hydrogen-bond donors (Lipinski definition) is 2. The van der Waals surface area contributed by atoms with Gasteiger partial charge in [-0.25, -0.2) is 9.48 Å². The molecule has 0 spiro atoms. The van der Waals surface area contributed by atoms with Gasteiger partial charge in [-0.15, -0.1) is 5.10 Å². The lowest BCUT2D eigenvalue weighted by atomic mass is 10.1. The summed E-state index contributed by atoms with van der Waals surface area (Å²) < 4.78 is 11.3. The number of amides is 1. The maximum absolute atomic E-state index is 11.9. The molecule has 0 bridgehead atoms. The summed E-state index contributed by atoms with van der Waals surface area (Å²) in [5.41, 5.74) is -0.0362. The number of tetrazole rings is 1. The number of rotatable bonds is 6. The molecule has 10 heteroatoms. The number of methoxy groups -OCH3 is 2. The molecule has 1 aromatic carbocycles. The third-order valence-corrected chi connectivity index (χ3v) is 2.73. The summed E-state index contributed by atoms with van der Waals surface area (Å²) in [5.74, 6) is -1.15. The average Bonchev–Trinajstić information content (AvgIpc) is 2.99. The van der Waals surface area contributed by atoms with Crippen LogP contribution in [0, 0.1) is 0 Å². The molecule has 116 valence electrons. The highest BCUT2D eigenvalue weighted by molar-refractivity contribution is 6.01. The van der Waals surface area contributed by atoms with E-state index in [1.54, 1.807) is 0 Å². The minimum atomic E-state index is -1.21. The molecule has 0 radical (unpaired) electrons. The summed E-state index contributed by atoms with van der Waals surface area (Å²) in [6, 6.07) is 2.65. The summed E-state index contributed by atoms with van der Waals surface area (Å²) in [7, 11) is 2.80. The van der Waals surface area contributed by atoms with E-state index in [4.69, 9.17) is 9.47 Å². The first-order valence-corrected chi connectivity index (χ1v) is 6.05. The fraction of sp³-hybridized carbons (Fsp3) is 0.250. The van der Waals surface area contributed by atoms with Crippen molar-refractivity contribution in [1.82, 2.24) is 20.2 Å². The molecule has 0 atom stereocenters. The topological polar surface area (TPSA) is 128 Å². The molecule has 0 fully saturated rings. The fourth-order valence-electron chi connectivity index (χ4n) is 1.75. The third-order valence-electron chi connectivity index (χ3n) is 2.73. The lowest BCUT2D eigenvalue weighted by molar-refractivity contribution is -0.116. The Balaban J connectivity index is 2.28. The smallest absolute Gasteiger partial charge is 0.337 e. The SMILES string of the molecule is COc1cc(NC(=O)Cn2cnnn2)c(C(=O)O)cc1OC. The van der Waals surface area contributed by atoms with E-state index in [1.807, 2.05) is 0 Å². The number of aromatic nitrogens is 4. The van der Waals surface area contributed by atoms with E-state index in [1.165, 1.54) is 37.4 Å². The molecule has 1 amide bonds. The number of ether oxygens (including phenoxy) is 2. The van der Waals surface area contributed by atoms with Gasteiger partial charge in [-0.3, -0.25) is 4.79 Å². The summed E-state index contributed by atoms with van der Waals surface area (Å²) >= 11 is 0. The van der Waals surface area contributed by atoms with Crippen molar-refractivity contribution in [3.8, 4) is 11.5 Å². The summed E-state index contributed by atoms with van der Waals surface area (Å²) in [6.45, 7) is -0.152. The standard InChI is InChI=1S/C12H13N5O5/c1-21-9-3-7(12(19)20)8(4-10(9)22-2)14-11(18)5-17-6-13-15-16-17/h3-4,6H,5H2,1-2H3,(H,14,18)(H,19,20). The highest BCUT2D eigenvalue weighted by Crippen LogP contribution is 2.33. The summed E-state index contributed by atoms with van der Waals surface area (Å²) in [6.07, 6.45) is 1.27. The molecule has 0 saturated heterocycles. The second-order valence-electron chi connectivity index (χ2n) is 4.11. The Kier molecular flexibility index (Phi) is 4.51. The van der Waals surface area contributed by atoms with Gasteiger partial charge < -0.3 is 19.9 Å². The minimum absolute atomic E-state index is 0.0863. The summed E-state index contributed by atoms with van der Waals surface area (Å²) in [5, 5.41) is 22.1. The number of carboxylic acid groups (broad SMARTS) is 1. The molecule has 2 rings (SSSR count). The second-order valence-corrected chi connectivity index (χ2v) is 4.11. The van der Waals surface area contributed by atoms with Crippen molar-refractivity contribution in [3.05, 3.63) is 24.0 Å². The van der Waals surface area contributed by atoms with Crippen LogP contribution in [0.5, 0.6) is 11.5 Å². The zero-order valence-electron chi connectivity index (χ0n) is 11.8. The molecule has 0 aliphatic heterocycles. The van der Waals surface area contributed by atoms with Crippen LogP contribution >= 0.6 is 0 Å². The van der Waals surface area contributed by atoms with Crippen molar-refractivity contribution in [2.24, 2.45) is 0 Å². The van der Waals surface area contributed by atoms with Crippen LogP contribution in [0.15, 0.2) is 18.5 Å². The lowest BCUT2D eigenvalue weighted by Crippen LogP contribution is -2.20. The van der Waals surface area contributed by atoms with Crippen molar-refractivity contribution in [1.29, 1.82) is 0 Å². The van der Waals surface area contributed by atoms with E-state index in [9.17, 15) is 14.7 Å². The van der Waals surface area contributed by atoms with Crippen LogP contribution in [0.3, 0.4) is 0 Å². The van der Waals surface area contributed by atoms with E-state index >= 15 is 0 Å². The minimum Gasteiger partial charge on any atom is -0.493 e. The van der Waals surface area contributed by atoms with E-state index in [-0.39, 0.29) is 23.5 Å². The maximum atomic E-state index is 11.9. The van der Waals surface area contributed by atoms with Gasteiger partial charge in [0.15, 0.2) is 11.5 Å². The van der Waals surface area contributed by atoms with Crippen LogP contribution in [0.2, 0.25) is 0 Å². The van der Waals surface area contributed by atoms with Crippen molar-refractivity contribution in [2.75, 3.05) is 19.5 Å². The molecular formula is C12H13N5O5. The summed E-state index contributed by atoms with van der Waals surface area (Å²) in [4.78, 5) is 23.2. The van der Waals surface area contributed by atoms with Gasteiger partial charge in [0.2, 0.25) is 5.91 Å². The number of nitrogens with zero attached hydrogens (tertiary/aromatic N) is 4. The van der Waals surface area contributed by atoms with E-state index < -0.39 is 11.9 Å². The maximum Gasteiger partial charge on any atom is 0.337 e. The van der Waals surface area contributed by atoms with Gasteiger partial charge in [0.05, 0.1) is 25.5 Å². The van der Waals surface area contributed by atoms with Gasteiger partial charge in [0.25, 0.3) is 0 Å². The number of carbonyl (C=O) groups excluding carboxylic acids is 1. The van der Waals surface area contributed by atoms with Crippen LogP contribution in [-0.2, 0) is 11.3 Å². The quantitative estimate of drug-likeness (QED) is 0.764. The third kappa shape index (κ3) is 3.29. The molecule has 2 N–H and O–H groups in total. The Morgan fingerprint density at radius 3 is 2.50 bits per heavy atom. The van der Waals surface area contributed by atoms with Gasteiger partial charge in [0.1, 0.15) is 12.9 Å². The number of hydrogen-bond acceptors (Lipinski definition) is 7. The van der Waals surface area contributed by atoms with Crippen LogP contribution in [0.25, 0.3) is 0 Å². The van der Waals surface area contributed by atoms with Crippen LogP contribution in [0.1, 0.15) is 10.4 Å². The molecule has 0 aliphatic carbocycles. The van der Waals surface area contributed by atoms with Crippen molar-refractivity contribution >= 4 is 17.6 Å². The number of carbonyl (C=O) groups is 2. The number of aromatic carboxylic acids is 1. The number of carboxylic acids is 1. The van der Waals surface area contributed by atoms with E-state index in [0.29, 0.717) is 5.75 Å². The largest absolute Gasteiger partial charge is 0.493 e. The highest BCUT2D eigenvalue weighted by atomic mass is 16.5. The number of nitrogens with one attached hydrogen (secondary N) is 1. The predicted molar refractivity (Wildman–Crippen MR) is 73.0 cm³/mol. The highest BCUT2D eigenvalue weighted by Gasteiger charge is 2.18. The van der Waals surface area contributed by atoms with Gasteiger partial charge in [-0.05, 0) is 10.4 Å². The number of benzene rings is 1. The second kappa shape index (κ2) is 6.52. The molecule has 2 aromatic rings. The molecule has 0 aliphatic rings. The van der Waals surface area contributed by atoms with Crippen molar-refractivity contribution in [3.63, 3.8) is 0 Å². The molecule has 0 unspecified atom stereocenters. The lowest BCUT2D eigenvalue weighted by Gasteiger charge is -2.13. The first-order chi connectivity index (χ1) is 10.5. The molecule has 1 aromatic heterocycles. The first-order valence-electron chi connectivity index (χ1n) is 6.05. The Labute approximate surface area is 124 Å². The van der Waals surface area contributed by atoms with Crippen LogP contribution in [-0.4, -0.2) is 51.4 Å². The Bertz CT molecular complexity index is 685. The molecular weight excluding hydrogens is 294 g/mol. The van der Waals surface area contributed by atoms with Crippen LogP contribution < -0.4 is 14.8 Å². The average molecular weight is 307 g/mol. The van der Waals surface area contributed by atoms with Gasteiger partial charge in [-0.2, -0.15) is 0 Å². The zero-order valence-corrected chi connectivity index (χ0v) is 11.8.